The summed E-state index contributed by atoms with van der Waals surface area (Å²) in [6.07, 6.45) is 0.881. The highest BCUT2D eigenvalue weighted by Gasteiger charge is 2.09. The first kappa shape index (κ1) is 23.5. The first-order valence-corrected chi connectivity index (χ1v) is 9.55. The van der Waals surface area contributed by atoms with E-state index in [1.165, 1.54) is 4.88 Å². The van der Waals surface area contributed by atoms with E-state index in [4.69, 9.17) is 9.47 Å². The molecular weight excluding hydrogens is 475 g/mol. The van der Waals surface area contributed by atoms with Gasteiger partial charge >= 0.3 is 0 Å². The van der Waals surface area contributed by atoms with Crippen LogP contribution in [0.2, 0.25) is 0 Å². The van der Waals surface area contributed by atoms with Gasteiger partial charge in [0.2, 0.25) is 0 Å². The number of aryl methyl sites for hydroxylation is 2. The number of aromatic nitrogens is 1. The molecule has 1 aromatic carbocycles. The lowest BCUT2D eigenvalue weighted by Gasteiger charge is -2.13. The van der Waals surface area contributed by atoms with Crippen LogP contribution in [0.15, 0.2) is 23.2 Å². The lowest BCUT2D eigenvalue weighted by molar-refractivity contribution is 0.352. The molecule has 1 aromatic heterocycles. The number of para-hydroxylation sites is 1. The van der Waals surface area contributed by atoms with Crippen LogP contribution in [-0.2, 0) is 13.0 Å². The Hall–Kier alpha value is -1.55. The molecule has 0 saturated heterocycles. The molecule has 2 rings (SSSR count). The lowest BCUT2D eigenvalue weighted by Crippen LogP contribution is -2.38. The molecule has 0 aliphatic heterocycles. The fraction of sp³-hybridized carbons (Fsp3) is 0.474. The van der Waals surface area contributed by atoms with Crippen LogP contribution in [-0.4, -0.2) is 38.3 Å². The minimum Gasteiger partial charge on any atom is -0.493 e. The molecule has 6 nitrogen and oxygen atoms in total. The molecule has 0 aliphatic carbocycles. The minimum atomic E-state index is 0. The van der Waals surface area contributed by atoms with Crippen molar-refractivity contribution in [1.82, 2.24) is 15.6 Å². The summed E-state index contributed by atoms with van der Waals surface area (Å²) in [7, 11) is 3.28. The molecule has 0 radical (unpaired) electrons. The second kappa shape index (κ2) is 12.0. The van der Waals surface area contributed by atoms with Crippen molar-refractivity contribution in [2.75, 3.05) is 27.3 Å². The van der Waals surface area contributed by atoms with E-state index in [-0.39, 0.29) is 24.0 Å². The maximum Gasteiger partial charge on any atom is 0.191 e. The van der Waals surface area contributed by atoms with Crippen molar-refractivity contribution in [2.45, 2.75) is 33.7 Å². The Balaban J connectivity index is 0.00000364. The zero-order valence-electron chi connectivity index (χ0n) is 16.6. The van der Waals surface area contributed by atoms with Crippen LogP contribution >= 0.6 is 35.3 Å². The van der Waals surface area contributed by atoms with E-state index in [1.807, 2.05) is 18.2 Å². The predicted molar refractivity (Wildman–Crippen MR) is 123 cm³/mol. The van der Waals surface area contributed by atoms with Gasteiger partial charge in [-0.15, -0.1) is 35.3 Å². The van der Waals surface area contributed by atoms with Gasteiger partial charge in [-0.2, -0.15) is 0 Å². The van der Waals surface area contributed by atoms with Gasteiger partial charge in [-0.3, -0.25) is 0 Å². The van der Waals surface area contributed by atoms with E-state index < -0.39 is 0 Å². The zero-order valence-corrected chi connectivity index (χ0v) is 19.7. The molecule has 0 amide bonds. The maximum absolute atomic E-state index is 5.47. The number of hydrogen-bond donors (Lipinski definition) is 2. The highest BCUT2D eigenvalue weighted by Crippen LogP contribution is 2.31. The highest BCUT2D eigenvalue weighted by atomic mass is 127. The first-order valence-electron chi connectivity index (χ1n) is 8.74. The van der Waals surface area contributed by atoms with Gasteiger partial charge in [0.05, 0.1) is 31.5 Å². The summed E-state index contributed by atoms with van der Waals surface area (Å²) in [6, 6.07) is 5.82. The molecule has 1 heterocycles. The van der Waals surface area contributed by atoms with Gasteiger partial charge in [-0.25, -0.2) is 9.98 Å². The quantitative estimate of drug-likeness (QED) is 0.326. The predicted octanol–water partition coefficient (Wildman–Crippen LogP) is 3.69. The number of ether oxygens (including phenoxy) is 2. The van der Waals surface area contributed by atoms with Gasteiger partial charge in [-0.05, 0) is 26.8 Å². The monoisotopic (exact) mass is 504 g/mol. The van der Waals surface area contributed by atoms with Crippen LogP contribution in [0.1, 0.15) is 28.1 Å². The van der Waals surface area contributed by atoms with Gasteiger partial charge < -0.3 is 20.1 Å². The maximum atomic E-state index is 5.47. The van der Waals surface area contributed by atoms with Crippen LogP contribution in [0, 0.1) is 13.8 Å². The van der Waals surface area contributed by atoms with Crippen LogP contribution in [0.25, 0.3) is 0 Å². The van der Waals surface area contributed by atoms with Crippen molar-refractivity contribution in [3.05, 3.63) is 39.3 Å². The Morgan fingerprint density at radius 1 is 1.19 bits per heavy atom. The lowest BCUT2D eigenvalue weighted by atomic mass is 10.2. The molecule has 2 N–H and O–H groups in total. The molecule has 150 valence electrons. The van der Waals surface area contributed by atoms with Crippen molar-refractivity contribution >= 4 is 41.3 Å². The summed E-state index contributed by atoms with van der Waals surface area (Å²) in [6.45, 7) is 8.30. The minimum absolute atomic E-state index is 0. The van der Waals surface area contributed by atoms with E-state index in [1.54, 1.807) is 25.6 Å². The van der Waals surface area contributed by atoms with E-state index in [0.717, 1.165) is 47.5 Å². The molecule has 0 atom stereocenters. The molecule has 27 heavy (non-hydrogen) atoms. The summed E-state index contributed by atoms with van der Waals surface area (Å²) in [5.41, 5.74) is 2.10. The summed E-state index contributed by atoms with van der Waals surface area (Å²) >= 11 is 1.76. The van der Waals surface area contributed by atoms with Crippen LogP contribution in [0.4, 0.5) is 0 Å². The first-order chi connectivity index (χ1) is 12.6. The van der Waals surface area contributed by atoms with Crippen molar-refractivity contribution in [1.29, 1.82) is 0 Å². The second-order valence-corrected chi connectivity index (χ2v) is 7.06. The second-order valence-electron chi connectivity index (χ2n) is 5.77. The third-order valence-corrected chi connectivity index (χ3v) is 5.07. The van der Waals surface area contributed by atoms with Crippen LogP contribution in [0.5, 0.6) is 11.5 Å². The van der Waals surface area contributed by atoms with Crippen LogP contribution < -0.4 is 20.1 Å². The summed E-state index contributed by atoms with van der Waals surface area (Å²) in [4.78, 5) is 10.5. The number of benzene rings is 1. The van der Waals surface area contributed by atoms with E-state index in [2.05, 4.69) is 41.4 Å². The molecule has 8 heteroatoms. The summed E-state index contributed by atoms with van der Waals surface area (Å²) < 4.78 is 10.8. The van der Waals surface area contributed by atoms with Gasteiger partial charge in [0.25, 0.3) is 0 Å². The zero-order chi connectivity index (χ0) is 18.9. The van der Waals surface area contributed by atoms with Crippen LogP contribution in [0.3, 0.4) is 0 Å². The molecule has 0 bridgehead atoms. The number of aliphatic imine (C=N–C) groups is 1. The molecule has 0 spiro atoms. The number of guanidine groups is 1. The molecule has 0 unspecified atom stereocenters. The number of nitrogens with one attached hydrogen (secondary N) is 2. The van der Waals surface area contributed by atoms with Crippen molar-refractivity contribution < 1.29 is 9.47 Å². The summed E-state index contributed by atoms with van der Waals surface area (Å²) in [5, 5.41) is 7.79. The largest absolute Gasteiger partial charge is 0.493 e. The fourth-order valence-electron chi connectivity index (χ4n) is 2.52. The molecule has 0 aliphatic rings. The van der Waals surface area contributed by atoms with Gasteiger partial charge in [0.15, 0.2) is 17.5 Å². The number of methoxy groups -OCH3 is 2. The number of hydrogen-bond acceptors (Lipinski definition) is 5. The molecule has 0 saturated carbocycles. The average molecular weight is 504 g/mol. The van der Waals surface area contributed by atoms with E-state index in [0.29, 0.717) is 12.3 Å². The SMILES string of the molecule is CCNC(=NCc1cccc(OC)c1OC)NCCc1nc(C)c(C)s1.I. The number of halogens is 1. The molecule has 0 fully saturated rings. The Morgan fingerprint density at radius 3 is 2.56 bits per heavy atom. The van der Waals surface area contributed by atoms with E-state index in [9.17, 15) is 0 Å². The Bertz CT molecular complexity index is 730. The average Bonchev–Trinajstić information content (AvgIpc) is 2.96. The Labute approximate surface area is 182 Å². The number of thiazole rings is 1. The summed E-state index contributed by atoms with van der Waals surface area (Å²) in [5.74, 6) is 2.22. The highest BCUT2D eigenvalue weighted by molar-refractivity contribution is 14.0. The Kier molecular flexibility index (Phi) is 10.5. The standard InChI is InChI=1S/C19H28N4O2S.HI/c1-6-20-19(21-11-10-17-23-13(2)14(3)26-17)22-12-15-8-7-9-16(24-4)18(15)25-5;/h7-9H,6,10-12H2,1-5H3,(H2,20,21,22);1H. The van der Waals surface area contributed by atoms with Crippen molar-refractivity contribution in [3.63, 3.8) is 0 Å². The van der Waals surface area contributed by atoms with Crippen molar-refractivity contribution in [3.8, 4) is 11.5 Å². The Morgan fingerprint density at radius 2 is 1.96 bits per heavy atom. The molecule has 2 aromatic rings. The van der Waals surface area contributed by atoms with Gasteiger partial charge in [-0.1, -0.05) is 12.1 Å². The fourth-order valence-corrected chi connectivity index (χ4v) is 3.45. The number of nitrogens with zero attached hydrogens (tertiary/aromatic N) is 2. The van der Waals surface area contributed by atoms with E-state index >= 15 is 0 Å². The number of rotatable bonds is 8. The van der Waals surface area contributed by atoms with Crippen molar-refractivity contribution in [2.24, 2.45) is 4.99 Å². The smallest absolute Gasteiger partial charge is 0.191 e. The van der Waals surface area contributed by atoms with Gasteiger partial charge in [0, 0.05) is 30.0 Å². The third-order valence-electron chi connectivity index (χ3n) is 3.94. The molecular formula is C19H29IN4O2S. The topological polar surface area (TPSA) is 67.8 Å². The third kappa shape index (κ3) is 6.84. The normalized spacial score (nSPS) is 10.9. The van der Waals surface area contributed by atoms with Gasteiger partial charge in [0.1, 0.15) is 0 Å².